The zero-order valence-corrected chi connectivity index (χ0v) is 19.3. The Bertz CT molecular complexity index is 1200. The number of ether oxygens (including phenoxy) is 2. The Morgan fingerprint density at radius 3 is 2.56 bits per heavy atom. The maximum absolute atomic E-state index is 12.8. The summed E-state index contributed by atoms with van der Waals surface area (Å²) in [7, 11) is 0. The topological polar surface area (TPSA) is 111 Å². The number of nitro benzene ring substituents is 1. The van der Waals surface area contributed by atoms with Crippen molar-refractivity contribution in [1.29, 1.82) is 0 Å². The molecule has 1 aromatic heterocycles. The first-order chi connectivity index (χ1) is 16.4. The third kappa shape index (κ3) is 5.41. The number of esters is 1. The van der Waals surface area contributed by atoms with Crippen LogP contribution in [0.4, 0.5) is 16.4 Å². The highest BCUT2D eigenvalue weighted by atomic mass is 32.1. The van der Waals surface area contributed by atoms with E-state index in [2.05, 4.69) is 10.2 Å². The average molecular weight is 482 g/mol. The van der Waals surface area contributed by atoms with Crippen molar-refractivity contribution in [3.05, 3.63) is 75.2 Å². The lowest BCUT2D eigenvalue weighted by molar-refractivity contribution is -0.384. The molecule has 0 atom stereocenters. The van der Waals surface area contributed by atoms with Gasteiger partial charge >= 0.3 is 5.97 Å². The van der Waals surface area contributed by atoms with E-state index in [-0.39, 0.29) is 5.69 Å². The number of hydrogen-bond acceptors (Lipinski definition) is 8. The number of amides is 1. The van der Waals surface area contributed by atoms with Crippen LogP contribution in [0.1, 0.15) is 15.2 Å². The number of nitrogens with one attached hydrogen (secondary N) is 1. The number of hydrogen-bond donors (Lipinski definition) is 1. The maximum atomic E-state index is 12.8. The second-order valence-electron chi connectivity index (χ2n) is 7.68. The largest absolute Gasteiger partial charge is 0.451 e. The van der Waals surface area contributed by atoms with E-state index in [1.807, 2.05) is 30.3 Å². The number of nitro groups is 1. The van der Waals surface area contributed by atoms with Gasteiger partial charge in [-0.1, -0.05) is 30.3 Å². The van der Waals surface area contributed by atoms with E-state index in [4.69, 9.17) is 9.47 Å². The summed E-state index contributed by atoms with van der Waals surface area (Å²) in [5, 5.41) is 14.5. The fourth-order valence-electron chi connectivity index (χ4n) is 3.60. The minimum atomic E-state index is -0.586. The van der Waals surface area contributed by atoms with E-state index in [0.29, 0.717) is 29.3 Å². The standard InChI is InChI=1S/C24H23N3O6S/c1-16-13-18(27(30)31)7-8-20(16)25-22(28)15-33-24(29)21-14-19(17-5-3-2-4-6-17)23(34-21)26-9-11-32-12-10-26/h2-8,13-14H,9-12,15H2,1H3,(H,25,28). The lowest BCUT2D eigenvalue weighted by Crippen LogP contribution is -2.35. The van der Waals surface area contributed by atoms with Crippen LogP contribution in [0.2, 0.25) is 0 Å². The Hall–Kier alpha value is -3.76. The van der Waals surface area contributed by atoms with E-state index >= 15 is 0 Å². The Morgan fingerprint density at radius 1 is 1.15 bits per heavy atom. The number of morpholine rings is 1. The molecule has 1 amide bonds. The minimum absolute atomic E-state index is 0.0649. The van der Waals surface area contributed by atoms with Crippen molar-refractivity contribution in [2.45, 2.75) is 6.92 Å². The molecule has 10 heteroatoms. The second-order valence-corrected chi connectivity index (χ2v) is 8.71. The molecule has 1 saturated heterocycles. The second kappa shape index (κ2) is 10.4. The van der Waals surface area contributed by atoms with Gasteiger partial charge in [0.05, 0.1) is 23.1 Å². The van der Waals surface area contributed by atoms with Crippen molar-refractivity contribution in [1.82, 2.24) is 0 Å². The summed E-state index contributed by atoms with van der Waals surface area (Å²) >= 11 is 1.33. The number of aryl methyl sites for hydroxylation is 1. The van der Waals surface area contributed by atoms with E-state index in [1.165, 1.54) is 29.5 Å². The number of carbonyl (C=O) groups is 2. The predicted molar refractivity (Wildman–Crippen MR) is 130 cm³/mol. The number of anilines is 2. The average Bonchev–Trinajstić information content (AvgIpc) is 3.30. The SMILES string of the molecule is Cc1cc([N+](=O)[O-])ccc1NC(=O)COC(=O)c1cc(-c2ccccc2)c(N2CCOCC2)s1. The van der Waals surface area contributed by atoms with Gasteiger partial charge in [-0.15, -0.1) is 11.3 Å². The molecule has 0 radical (unpaired) electrons. The van der Waals surface area contributed by atoms with Gasteiger partial charge in [-0.05, 0) is 30.2 Å². The molecule has 1 aliphatic rings. The Labute approximate surface area is 200 Å². The predicted octanol–water partition coefficient (Wildman–Crippen LogP) is 4.26. The zero-order chi connectivity index (χ0) is 24.1. The van der Waals surface area contributed by atoms with Crippen LogP contribution in [0.25, 0.3) is 11.1 Å². The molecule has 0 spiro atoms. The molecule has 1 fully saturated rings. The molecular formula is C24H23N3O6S. The van der Waals surface area contributed by atoms with Crippen LogP contribution in [0.15, 0.2) is 54.6 Å². The first-order valence-corrected chi connectivity index (χ1v) is 11.5. The lowest BCUT2D eigenvalue weighted by Gasteiger charge is -2.28. The third-order valence-corrected chi connectivity index (χ3v) is 6.50. The lowest BCUT2D eigenvalue weighted by atomic mass is 10.1. The highest BCUT2D eigenvalue weighted by molar-refractivity contribution is 7.18. The summed E-state index contributed by atoms with van der Waals surface area (Å²) in [5.74, 6) is -1.11. The monoisotopic (exact) mass is 481 g/mol. The van der Waals surface area contributed by atoms with Gasteiger partial charge in [0.15, 0.2) is 6.61 Å². The molecule has 1 aliphatic heterocycles. The molecule has 34 heavy (non-hydrogen) atoms. The van der Waals surface area contributed by atoms with Crippen molar-refractivity contribution in [3.63, 3.8) is 0 Å². The highest BCUT2D eigenvalue weighted by Crippen LogP contribution is 2.39. The van der Waals surface area contributed by atoms with Gasteiger partial charge in [0.1, 0.15) is 4.88 Å². The van der Waals surface area contributed by atoms with Crippen molar-refractivity contribution >= 4 is 39.6 Å². The molecule has 1 N–H and O–H groups in total. The quantitative estimate of drug-likeness (QED) is 0.305. The van der Waals surface area contributed by atoms with Gasteiger partial charge in [0.25, 0.3) is 11.6 Å². The number of non-ortho nitro benzene ring substituents is 1. The van der Waals surface area contributed by atoms with Crippen LogP contribution in [0, 0.1) is 17.0 Å². The van der Waals surface area contributed by atoms with Gasteiger partial charge in [-0.25, -0.2) is 4.79 Å². The highest BCUT2D eigenvalue weighted by Gasteiger charge is 2.23. The fourth-order valence-corrected chi connectivity index (χ4v) is 4.72. The summed E-state index contributed by atoms with van der Waals surface area (Å²) in [4.78, 5) is 38.0. The molecule has 176 valence electrons. The third-order valence-electron chi connectivity index (χ3n) is 5.33. The first kappa shape index (κ1) is 23.4. The molecular weight excluding hydrogens is 458 g/mol. The molecule has 0 aliphatic carbocycles. The van der Waals surface area contributed by atoms with Crippen LogP contribution in [0.5, 0.6) is 0 Å². The summed E-state index contributed by atoms with van der Waals surface area (Å²) in [5.41, 5.74) is 2.82. The van der Waals surface area contributed by atoms with Crippen molar-refractivity contribution in [2.24, 2.45) is 0 Å². The number of rotatable bonds is 7. The van der Waals surface area contributed by atoms with Gasteiger partial charge in [-0.2, -0.15) is 0 Å². The fraction of sp³-hybridized carbons (Fsp3) is 0.250. The van der Waals surface area contributed by atoms with Gasteiger partial charge in [-0.3, -0.25) is 14.9 Å². The molecule has 0 saturated carbocycles. The van der Waals surface area contributed by atoms with E-state index in [1.54, 1.807) is 13.0 Å². The van der Waals surface area contributed by atoms with Gasteiger partial charge in [0, 0.05) is 36.5 Å². The molecule has 4 rings (SSSR count). The smallest absolute Gasteiger partial charge is 0.348 e. The van der Waals surface area contributed by atoms with Gasteiger partial charge < -0.3 is 19.7 Å². The first-order valence-electron chi connectivity index (χ1n) is 10.7. The van der Waals surface area contributed by atoms with Crippen LogP contribution >= 0.6 is 11.3 Å². The zero-order valence-electron chi connectivity index (χ0n) is 18.5. The van der Waals surface area contributed by atoms with Crippen LogP contribution in [0.3, 0.4) is 0 Å². The Kier molecular flexibility index (Phi) is 7.19. The maximum Gasteiger partial charge on any atom is 0.348 e. The minimum Gasteiger partial charge on any atom is -0.451 e. The van der Waals surface area contributed by atoms with Crippen LogP contribution in [-0.4, -0.2) is 49.7 Å². The van der Waals surface area contributed by atoms with Crippen molar-refractivity contribution in [2.75, 3.05) is 43.1 Å². The van der Waals surface area contributed by atoms with Gasteiger partial charge in [0.2, 0.25) is 0 Å². The molecule has 0 unspecified atom stereocenters. The summed E-state index contributed by atoms with van der Waals surface area (Å²) in [6, 6.07) is 15.7. The number of carbonyl (C=O) groups excluding carboxylic acids is 2. The Morgan fingerprint density at radius 2 is 1.88 bits per heavy atom. The molecule has 2 heterocycles. The van der Waals surface area contributed by atoms with E-state index in [9.17, 15) is 19.7 Å². The number of thiophene rings is 1. The summed E-state index contributed by atoms with van der Waals surface area (Å²) < 4.78 is 10.7. The summed E-state index contributed by atoms with van der Waals surface area (Å²) in [6.07, 6.45) is 0. The normalized spacial score (nSPS) is 13.4. The number of benzene rings is 2. The molecule has 2 aromatic carbocycles. The molecule has 0 bridgehead atoms. The number of nitrogens with zero attached hydrogens (tertiary/aromatic N) is 2. The van der Waals surface area contributed by atoms with Crippen LogP contribution in [-0.2, 0) is 14.3 Å². The van der Waals surface area contributed by atoms with Crippen molar-refractivity contribution < 1.29 is 24.0 Å². The van der Waals surface area contributed by atoms with E-state index in [0.717, 1.165) is 29.2 Å². The summed E-state index contributed by atoms with van der Waals surface area (Å²) in [6.45, 7) is 3.87. The molecule has 3 aromatic rings. The van der Waals surface area contributed by atoms with Crippen molar-refractivity contribution in [3.8, 4) is 11.1 Å². The van der Waals surface area contributed by atoms with E-state index < -0.39 is 23.4 Å². The Balaban J connectivity index is 1.45. The van der Waals surface area contributed by atoms with Crippen LogP contribution < -0.4 is 10.2 Å². The molecule has 9 nitrogen and oxygen atoms in total.